The minimum absolute atomic E-state index is 0. The molecule has 7 nitrogen and oxygen atoms in total. The number of nitrogens with zero attached hydrogens (tertiary/aromatic N) is 1. The fourth-order valence-electron chi connectivity index (χ4n) is 1.93. The van der Waals surface area contributed by atoms with Crippen molar-refractivity contribution in [3.63, 3.8) is 0 Å². The van der Waals surface area contributed by atoms with Crippen LogP contribution in [0.1, 0.15) is 20.3 Å². The summed E-state index contributed by atoms with van der Waals surface area (Å²) in [6.45, 7) is 5.64. The summed E-state index contributed by atoms with van der Waals surface area (Å²) in [6.07, 6.45) is 1.64. The summed E-state index contributed by atoms with van der Waals surface area (Å²) in [6, 6.07) is 6.01. The molecule has 0 aromatic heterocycles. The number of nitrogens with one attached hydrogen (secondary N) is 3. The van der Waals surface area contributed by atoms with Crippen LogP contribution in [0.4, 0.5) is 4.39 Å². The first-order chi connectivity index (χ1) is 11.8. The van der Waals surface area contributed by atoms with Crippen LogP contribution >= 0.6 is 24.0 Å². The van der Waals surface area contributed by atoms with E-state index in [-0.39, 0.29) is 42.4 Å². The quantitative estimate of drug-likeness (QED) is 0.196. The molecule has 0 amide bonds. The molecule has 0 aliphatic rings. The first-order valence-corrected chi connectivity index (χ1v) is 10.1. The molecule has 0 fully saturated rings. The fourth-order valence-corrected chi connectivity index (χ4v) is 2.41. The van der Waals surface area contributed by atoms with Gasteiger partial charge in [-0.1, -0.05) is 13.0 Å². The van der Waals surface area contributed by atoms with Gasteiger partial charge in [0.05, 0.1) is 12.8 Å². The average Bonchev–Trinajstić information content (AvgIpc) is 2.54. The number of sulfonamides is 1. The summed E-state index contributed by atoms with van der Waals surface area (Å²) in [7, 11) is -3.20. The molecule has 0 saturated heterocycles. The molecule has 0 radical (unpaired) electrons. The lowest BCUT2D eigenvalue weighted by Gasteiger charge is -2.17. The zero-order valence-electron chi connectivity index (χ0n) is 15.3. The first kappa shape index (κ1) is 24.9. The predicted molar refractivity (Wildman–Crippen MR) is 113 cm³/mol. The number of halogens is 2. The Balaban J connectivity index is 0.00000625. The molecular formula is C16H28FIN4O3S. The molecule has 0 heterocycles. The molecular weight excluding hydrogens is 474 g/mol. The van der Waals surface area contributed by atoms with Crippen molar-refractivity contribution >= 4 is 40.0 Å². The van der Waals surface area contributed by atoms with Gasteiger partial charge in [0, 0.05) is 25.7 Å². The van der Waals surface area contributed by atoms with E-state index in [0.717, 1.165) is 12.7 Å². The van der Waals surface area contributed by atoms with Gasteiger partial charge in [0.2, 0.25) is 10.0 Å². The monoisotopic (exact) mass is 502 g/mol. The third-order valence-corrected chi connectivity index (χ3v) is 3.86. The van der Waals surface area contributed by atoms with Gasteiger partial charge in [-0.15, -0.1) is 24.0 Å². The second-order valence-electron chi connectivity index (χ2n) is 5.42. The second-order valence-corrected chi connectivity index (χ2v) is 7.25. The lowest BCUT2D eigenvalue weighted by molar-refractivity contribution is 0.205. The van der Waals surface area contributed by atoms with Crippen molar-refractivity contribution in [2.24, 2.45) is 4.99 Å². The molecule has 0 spiro atoms. The average molecular weight is 502 g/mol. The molecule has 1 unspecified atom stereocenters. The molecule has 1 aromatic carbocycles. The molecule has 1 rings (SSSR count). The largest absolute Gasteiger partial charge is 0.488 e. The number of hydrogen-bond acceptors (Lipinski definition) is 4. The molecule has 0 aliphatic heterocycles. The second kappa shape index (κ2) is 13.1. The molecule has 150 valence electrons. The van der Waals surface area contributed by atoms with Crippen molar-refractivity contribution in [1.29, 1.82) is 0 Å². The minimum atomic E-state index is -3.20. The van der Waals surface area contributed by atoms with Gasteiger partial charge in [0.25, 0.3) is 0 Å². The molecule has 0 saturated carbocycles. The van der Waals surface area contributed by atoms with Crippen LogP contribution in [0.5, 0.6) is 5.75 Å². The van der Waals surface area contributed by atoms with Crippen LogP contribution in [0, 0.1) is 5.82 Å². The van der Waals surface area contributed by atoms with Gasteiger partial charge in [-0.3, -0.25) is 0 Å². The Labute approximate surface area is 172 Å². The number of aliphatic imine (C=N–C) groups is 1. The Morgan fingerprint density at radius 3 is 2.58 bits per heavy atom. The van der Waals surface area contributed by atoms with Crippen LogP contribution in [-0.2, 0) is 10.0 Å². The Morgan fingerprint density at radius 2 is 2.00 bits per heavy atom. The summed E-state index contributed by atoms with van der Waals surface area (Å²) in [5.74, 6) is 0.695. The zero-order valence-corrected chi connectivity index (χ0v) is 18.4. The third kappa shape index (κ3) is 11.5. The van der Waals surface area contributed by atoms with Gasteiger partial charge in [-0.25, -0.2) is 22.5 Å². The molecule has 10 heteroatoms. The third-order valence-electron chi connectivity index (χ3n) is 3.13. The van der Waals surface area contributed by atoms with E-state index in [0.29, 0.717) is 31.3 Å². The Kier molecular flexibility index (Phi) is 12.5. The van der Waals surface area contributed by atoms with Crippen molar-refractivity contribution in [2.75, 3.05) is 32.4 Å². The number of rotatable bonds is 10. The van der Waals surface area contributed by atoms with Gasteiger partial charge in [-0.05, 0) is 25.5 Å². The van der Waals surface area contributed by atoms with E-state index in [9.17, 15) is 12.8 Å². The zero-order chi connectivity index (χ0) is 18.7. The maximum Gasteiger partial charge on any atom is 0.208 e. The van der Waals surface area contributed by atoms with Gasteiger partial charge in [-0.2, -0.15) is 0 Å². The molecule has 3 N–H and O–H groups in total. The van der Waals surface area contributed by atoms with Crippen molar-refractivity contribution in [3.05, 3.63) is 30.1 Å². The summed E-state index contributed by atoms with van der Waals surface area (Å²) >= 11 is 0. The molecule has 26 heavy (non-hydrogen) atoms. The summed E-state index contributed by atoms with van der Waals surface area (Å²) < 4.78 is 43.4. The van der Waals surface area contributed by atoms with Gasteiger partial charge < -0.3 is 15.4 Å². The van der Waals surface area contributed by atoms with E-state index in [1.807, 2.05) is 13.8 Å². The van der Waals surface area contributed by atoms with Crippen LogP contribution in [0.3, 0.4) is 0 Å². The predicted octanol–water partition coefficient (Wildman–Crippen LogP) is 1.71. The number of ether oxygens (including phenoxy) is 1. The molecule has 1 atom stereocenters. The van der Waals surface area contributed by atoms with Crippen molar-refractivity contribution < 1.29 is 17.5 Å². The Hall–Kier alpha value is -1.14. The normalized spacial score (nSPS) is 12.8. The smallest absolute Gasteiger partial charge is 0.208 e. The van der Waals surface area contributed by atoms with E-state index >= 15 is 0 Å². The summed E-state index contributed by atoms with van der Waals surface area (Å²) in [5, 5.41) is 6.12. The molecule has 1 aromatic rings. The Bertz CT molecular complexity index is 659. The molecule has 0 aliphatic carbocycles. The Morgan fingerprint density at radius 1 is 1.27 bits per heavy atom. The van der Waals surface area contributed by atoms with Crippen LogP contribution < -0.4 is 20.1 Å². The van der Waals surface area contributed by atoms with Crippen LogP contribution in [0.15, 0.2) is 29.3 Å². The highest BCUT2D eigenvalue weighted by Gasteiger charge is 2.09. The van der Waals surface area contributed by atoms with Gasteiger partial charge >= 0.3 is 0 Å². The van der Waals surface area contributed by atoms with Crippen LogP contribution in [-0.4, -0.2) is 52.9 Å². The highest BCUT2D eigenvalue weighted by atomic mass is 127. The van der Waals surface area contributed by atoms with E-state index in [1.165, 1.54) is 12.1 Å². The van der Waals surface area contributed by atoms with Gasteiger partial charge in [0.15, 0.2) is 5.96 Å². The number of benzene rings is 1. The highest BCUT2D eigenvalue weighted by molar-refractivity contribution is 14.0. The van der Waals surface area contributed by atoms with E-state index in [4.69, 9.17) is 4.74 Å². The van der Waals surface area contributed by atoms with E-state index in [2.05, 4.69) is 20.3 Å². The van der Waals surface area contributed by atoms with Crippen molar-refractivity contribution in [2.45, 2.75) is 26.4 Å². The lowest BCUT2D eigenvalue weighted by atomic mass is 10.2. The fraction of sp³-hybridized carbons (Fsp3) is 0.562. The maximum absolute atomic E-state index is 13.2. The minimum Gasteiger partial charge on any atom is -0.488 e. The number of guanidine groups is 1. The topological polar surface area (TPSA) is 91.8 Å². The van der Waals surface area contributed by atoms with Crippen molar-refractivity contribution in [3.8, 4) is 5.75 Å². The standard InChI is InChI=1S/C16H27FN4O3S.HI/c1-4-14(24-15-8-6-7-13(17)11-15)12-20-16(18-5-2)19-9-10-21-25(3,22)23;/h6-8,11,14,21H,4-5,9-10,12H2,1-3H3,(H2,18,19,20);1H. The lowest BCUT2D eigenvalue weighted by Crippen LogP contribution is -2.42. The summed E-state index contributed by atoms with van der Waals surface area (Å²) in [4.78, 5) is 4.44. The van der Waals surface area contributed by atoms with E-state index < -0.39 is 10.0 Å². The SMILES string of the molecule is CCNC(=NCC(CC)Oc1cccc(F)c1)NCCNS(C)(=O)=O.I. The number of hydrogen-bond donors (Lipinski definition) is 3. The molecule has 0 bridgehead atoms. The summed E-state index contributed by atoms with van der Waals surface area (Å²) in [5.41, 5.74) is 0. The van der Waals surface area contributed by atoms with Crippen LogP contribution in [0.2, 0.25) is 0 Å². The van der Waals surface area contributed by atoms with Gasteiger partial charge in [0.1, 0.15) is 17.7 Å². The van der Waals surface area contributed by atoms with E-state index in [1.54, 1.807) is 12.1 Å². The highest BCUT2D eigenvalue weighted by Crippen LogP contribution is 2.15. The first-order valence-electron chi connectivity index (χ1n) is 8.23. The van der Waals surface area contributed by atoms with Crippen LogP contribution in [0.25, 0.3) is 0 Å². The van der Waals surface area contributed by atoms with Crippen molar-refractivity contribution in [1.82, 2.24) is 15.4 Å². The maximum atomic E-state index is 13.2.